The van der Waals surface area contributed by atoms with Crippen molar-refractivity contribution in [2.75, 3.05) is 57.6 Å². The molecule has 1 heterocycles. The number of benzene rings is 1. The van der Waals surface area contributed by atoms with Gasteiger partial charge in [-0.15, -0.1) is 0 Å². The second-order valence-electron chi connectivity index (χ2n) is 6.79. The van der Waals surface area contributed by atoms with Gasteiger partial charge in [-0.05, 0) is 26.0 Å². The molecule has 1 saturated heterocycles. The fraction of sp³-hybridized carbons (Fsp3) is 0.579. The van der Waals surface area contributed by atoms with Crippen molar-refractivity contribution >= 4 is 27.7 Å². The molecule has 0 radical (unpaired) electrons. The van der Waals surface area contributed by atoms with Gasteiger partial charge in [-0.2, -0.15) is 0 Å². The summed E-state index contributed by atoms with van der Waals surface area (Å²) >= 11 is 0. The lowest BCUT2D eigenvalue weighted by Crippen LogP contribution is -2.56. The van der Waals surface area contributed by atoms with E-state index in [1.807, 2.05) is 0 Å². The van der Waals surface area contributed by atoms with Gasteiger partial charge in [0.25, 0.3) is 0 Å². The van der Waals surface area contributed by atoms with Crippen LogP contribution in [0.4, 0.5) is 10.5 Å². The minimum atomic E-state index is -3.77. The van der Waals surface area contributed by atoms with E-state index in [9.17, 15) is 18.0 Å². The quantitative estimate of drug-likeness (QED) is 0.623. The summed E-state index contributed by atoms with van der Waals surface area (Å²) in [5.41, 5.74) is 0.293. The van der Waals surface area contributed by atoms with Crippen LogP contribution < -0.4 is 13.8 Å². The van der Waals surface area contributed by atoms with Crippen LogP contribution >= 0.6 is 0 Å². The summed E-state index contributed by atoms with van der Waals surface area (Å²) in [4.78, 5) is 28.0. The first-order valence-corrected chi connectivity index (χ1v) is 11.4. The topological polar surface area (TPSA) is 106 Å². The molecular weight excluding hydrogens is 414 g/mol. The van der Waals surface area contributed by atoms with Gasteiger partial charge in [-0.1, -0.05) is 0 Å². The molecule has 0 saturated carbocycles. The van der Waals surface area contributed by atoms with Gasteiger partial charge in [-0.3, -0.25) is 9.10 Å². The van der Waals surface area contributed by atoms with Gasteiger partial charge in [0.1, 0.15) is 6.04 Å². The standard InChI is InChI=1S/C19H29N3O7S/c1-6-29-19(24)21-11-9-20(10-12-21)18(23)14(2)22(30(5,25)26)15-7-8-16(27-3)17(13-15)28-4/h7-8,13-14H,6,9-12H2,1-5H3/t14-/m0/s1. The van der Waals surface area contributed by atoms with Gasteiger partial charge in [0.05, 0.1) is 32.8 Å². The fourth-order valence-corrected chi connectivity index (χ4v) is 4.51. The molecule has 2 amide bonds. The van der Waals surface area contributed by atoms with E-state index in [1.165, 1.54) is 32.1 Å². The Morgan fingerprint density at radius 3 is 2.13 bits per heavy atom. The molecule has 2 rings (SSSR count). The van der Waals surface area contributed by atoms with E-state index < -0.39 is 22.2 Å². The smallest absolute Gasteiger partial charge is 0.409 e. The predicted molar refractivity (Wildman–Crippen MR) is 112 cm³/mol. The zero-order valence-electron chi connectivity index (χ0n) is 18.0. The van der Waals surface area contributed by atoms with E-state index in [2.05, 4.69) is 0 Å². The normalized spacial score (nSPS) is 15.4. The van der Waals surface area contributed by atoms with Crippen LogP contribution in [0.15, 0.2) is 18.2 Å². The first kappa shape index (κ1) is 23.6. The third-order valence-electron chi connectivity index (χ3n) is 4.81. The Balaban J connectivity index is 2.21. The first-order chi connectivity index (χ1) is 14.1. The maximum atomic E-state index is 13.1. The van der Waals surface area contributed by atoms with Gasteiger partial charge >= 0.3 is 6.09 Å². The van der Waals surface area contributed by atoms with Crippen molar-refractivity contribution in [1.29, 1.82) is 0 Å². The molecule has 1 aromatic rings. The molecule has 0 bridgehead atoms. The number of sulfonamides is 1. The molecule has 168 valence electrons. The molecule has 0 aliphatic carbocycles. The van der Waals surface area contributed by atoms with Gasteiger partial charge in [-0.25, -0.2) is 13.2 Å². The maximum Gasteiger partial charge on any atom is 0.409 e. The Kier molecular flexibility index (Phi) is 7.77. The molecule has 1 aliphatic rings. The molecule has 0 aromatic heterocycles. The van der Waals surface area contributed by atoms with E-state index >= 15 is 0 Å². The van der Waals surface area contributed by atoms with Gasteiger partial charge in [0.2, 0.25) is 15.9 Å². The lowest BCUT2D eigenvalue weighted by molar-refractivity contribution is -0.133. The fourth-order valence-electron chi connectivity index (χ4n) is 3.35. The number of carbonyl (C=O) groups excluding carboxylic acids is 2. The molecule has 10 nitrogen and oxygen atoms in total. The lowest BCUT2D eigenvalue weighted by atomic mass is 10.2. The van der Waals surface area contributed by atoms with E-state index in [-0.39, 0.29) is 12.5 Å². The summed E-state index contributed by atoms with van der Waals surface area (Å²) in [5.74, 6) is 0.453. The largest absolute Gasteiger partial charge is 0.493 e. The summed E-state index contributed by atoms with van der Waals surface area (Å²) in [6.07, 6.45) is 0.632. The molecular formula is C19H29N3O7S. The average molecular weight is 444 g/mol. The molecule has 1 aromatic carbocycles. The van der Waals surface area contributed by atoms with Gasteiger partial charge < -0.3 is 24.0 Å². The third-order valence-corrected chi connectivity index (χ3v) is 6.05. The summed E-state index contributed by atoms with van der Waals surface area (Å²) < 4.78 is 41.6. The average Bonchev–Trinajstić information content (AvgIpc) is 2.72. The van der Waals surface area contributed by atoms with E-state index in [0.717, 1.165) is 10.6 Å². The second-order valence-corrected chi connectivity index (χ2v) is 8.64. The van der Waals surface area contributed by atoms with Crippen molar-refractivity contribution in [2.24, 2.45) is 0 Å². The third kappa shape index (κ3) is 5.26. The summed E-state index contributed by atoms with van der Waals surface area (Å²) in [6.45, 7) is 4.80. The summed E-state index contributed by atoms with van der Waals surface area (Å²) in [7, 11) is -0.844. The maximum absolute atomic E-state index is 13.1. The van der Waals surface area contributed by atoms with Crippen LogP contribution in [0.1, 0.15) is 13.8 Å². The molecule has 0 unspecified atom stereocenters. The van der Waals surface area contributed by atoms with E-state index in [4.69, 9.17) is 14.2 Å². The second kappa shape index (κ2) is 9.88. The van der Waals surface area contributed by atoms with Crippen molar-refractivity contribution in [1.82, 2.24) is 9.80 Å². The highest BCUT2D eigenvalue weighted by Crippen LogP contribution is 2.33. The van der Waals surface area contributed by atoms with Crippen LogP contribution in [-0.4, -0.2) is 89.5 Å². The Hall–Kier alpha value is -2.69. The van der Waals surface area contributed by atoms with Gasteiger partial charge in [0.15, 0.2) is 11.5 Å². The molecule has 0 spiro atoms. The number of rotatable bonds is 7. The van der Waals surface area contributed by atoms with Crippen LogP contribution in [0.2, 0.25) is 0 Å². The monoisotopic (exact) mass is 443 g/mol. The Bertz CT molecular complexity index is 867. The van der Waals surface area contributed by atoms with Crippen LogP contribution in [0.25, 0.3) is 0 Å². The lowest BCUT2D eigenvalue weighted by Gasteiger charge is -2.37. The number of hydrogen-bond donors (Lipinski definition) is 0. The first-order valence-electron chi connectivity index (χ1n) is 9.56. The molecule has 11 heteroatoms. The van der Waals surface area contributed by atoms with Crippen molar-refractivity contribution in [2.45, 2.75) is 19.9 Å². The number of nitrogens with zero attached hydrogens (tertiary/aromatic N) is 3. The van der Waals surface area contributed by atoms with Crippen LogP contribution in [0, 0.1) is 0 Å². The molecule has 0 N–H and O–H groups in total. The van der Waals surface area contributed by atoms with Crippen LogP contribution in [0.5, 0.6) is 11.5 Å². The summed E-state index contributed by atoms with van der Waals surface area (Å²) in [5, 5.41) is 0. The molecule has 1 aliphatic heterocycles. The van der Waals surface area contributed by atoms with Crippen molar-refractivity contribution < 1.29 is 32.2 Å². The van der Waals surface area contributed by atoms with Gasteiger partial charge in [0, 0.05) is 32.2 Å². The number of ether oxygens (including phenoxy) is 3. The van der Waals surface area contributed by atoms with Crippen LogP contribution in [-0.2, 0) is 19.6 Å². The number of carbonyl (C=O) groups is 2. The number of piperazine rings is 1. The molecule has 1 fully saturated rings. The number of hydrogen-bond acceptors (Lipinski definition) is 7. The molecule has 1 atom stereocenters. The van der Waals surface area contributed by atoms with Crippen molar-refractivity contribution in [3.05, 3.63) is 18.2 Å². The highest BCUT2D eigenvalue weighted by Gasteiger charge is 2.34. The Morgan fingerprint density at radius 2 is 1.63 bits per heavy atom. The van der Waals surface area contributed by atoms with Crippen molar-refractivity contribution in [3.63, 3.8) is 0 Å². The zero-order valence-corrected chi connectivity index (χ0v) is 18.8. The number of anilines is 1. The highest BCUT2D eigenvalue weighted by molar-refractivity contribution is 7.92. The van der Waals surface area contributed by atoms with E-state index in [0.29, 0.717) is 43.4 Å². The zero-order chi connectivity index (χ0) is 22.5. The minimum Gasteiger partial charge on any atom is -0.493 e. The Labute approximate surface area is 177 Å². The van der Waals surface area contributed by atoms with E-state index in [1.54, 1.807) is 24.0 Å². The SMILES string of the molecule is CCOC(=O)N1CCN(C(=O)[C@H](C)N(c2ccc(OC)c(OC)c2)S(C)(=O)=O)CC1. The minimum absolute atomic E-state index is 0.281. The van der Waals surface area contributed by atoms with Crippen LogP contribution in [0.3, 0.4) is 0 Å². The van der Waals surface area contributed by atoms with Crippen molar-refractivity contribution in [3.8, 4) is 11.5 Å². The Morgan fingerprint density at radius 1 is 1.07 bits per heavy atom. The highest BCUT2D eigenvalue weighted by atomic mass is 32.2. The summed E-state index contributed by atoms with van der Waals surface area (Å²) in [6, 6.07) is 3.68. The molecule has 30 heavy (non-hydrogen) atoms. The number of methoxy groups -OCH3 is 2. The predicted octanol–water partition coefficient (Wildman–Crippen LogP) is 1.16. The number of amides is 2.